The average molecular weight is 236 g/mol. The molecule has 0 aliphatic heterocycles. The molecule has 0 saturated heterocycles. The molecule has 2 N–H and O–H groups in total. The Morgan fingerprint density at radius 2 is 2.25 bits per heavy atom. The number of nitrogens with zero attached hydrogens (tertiary/aromatic N) is 1. The van der Waals surface area contributed by atoms with Gasteiger partial charge < -0.3 is 10.5 Å². The van der Waals surface area contributed by atoms with Crippen molar-refractivity contribution in [2.24, 2.45) is 5.73 Å². The van der Waals surface area contributed by atoms with Gasteiger partial charge in [0, 0.05) is 5.56 Å². The second kappa shape index (κ2) is 5.42. The molecule has 0 aromatic heterocycles. The third-order valence-electron chi connectivity index (χ3n) is 1.75. The van der Waals surface area contributed by atoms with E-state index in [0.717, 1.165) is 11.8 Å². The number of benzene rings is 1. The largest absolute Gasteiger partial charge is 0.490 e. The molecule has 0 aliphatic carbocycles. The van der Waals surface area contributed by atoms with E-state index >= 15 is 0 Å². The first-order valence-electron chi connectivity index (χ1n) is 4.71. The Labute approximate surface area is 98.4 Å². The minimum atomic E-state index is -0.518. The summed E-state index contributed by atoms with van der Waals surface area (Å²) in [6, 6.07) is 4.80. The van der Waals surface area contributed by atoms with E-state index in [2.05, 4.69) is 0 Å². The molecule has 4 nitrogen and oxygen atoms in total. The van der Waals surface area contributed by atoms with Gasteiger partial charge in [-0.05, 0) is 43.8 Å². The first-order valence-corrected chi connectivity index (χ1v) is 5.52. The first-order chi connectivity index (χ1) is 7.54. The summed E-state index contributed by atoms with van der Waals surface area (Å²) in [5.41, 5.74) is 5.53. The number of nitriles is 1. The zero-order valence-electron chi connectivity index (χ0n) is 9.06. The normalized spacial score (nSPS) is 9.88. The van der Waals surface area contributed by atoms with Crippen molar-refractivity contribution in [3.63, 3.8) is 0 Å². The molecule has 0 radical (unpaired) electrons. The van der Waals surface area contributed by atoms with E-state index in [1.807, 2.05) is 19.2 Å². The van der Waals surface area contributed by atoms with Gasteiger partial charge in [-0.2, -0.15) is 5.26 Å². The Balaban J connectivity index is 3.09. The van der Waals surface area contributed by atoms with Crippen molar-refractivity contribution in [2.75, 3.05) is 0 Å². The van der Waals surface area contributed by atoms with Gasteiger partial charge in [-0.3, -0.25) is 4.79 Å². The van der Waals surface area contributed by atoms with Crippen LogP contribution in [-0.4, -0.2) is 12.0 Å². The van der Waals surface area contributed by atoms with Gasteiger partial charge in [0.1, 0.15) is 11.2 Å². The highest BCUT2D eigenvalue weighted by Gasteiger charge is 2.10. The lowest BCUT2D eigenvalue weighted by atomic mass is 10.2. The molecule has 0 heterocycles. The molecule has 1 aromatic rings. The molecule has 1 rings (SSSR count). The zero-order chi connectivity index (χ0) is 12.1. The van der Waals surface area contributed by atoms with Crippen molar-refractivity contribution in [1.29, 1.82) is 5.26 Å². The molecule has 5 heteroatoms. The summed E-state index contributed by atoms with van der Waals surface area (Å²) in [7, 11) is 0. The third kappa shape index (κ3) is 3.17. The number of thioether (sulfide) groups is 1. The fraction of sp³-hybridized carbons (Fsp3) is 0.273. The van der Waals surface area contributed by atoms with Crippen LogP contribution in [-0.2, 0) is 0 Å². The lowest BCUT2D eigenvalue weighted by Gasteiger charge is -2.12. The topological polar surface area (TPSA) is 76.1 Å². The van der Waals surface area contributed by atoms with Gasteiger partial charge in [-0.25, -0.2) is 0 Å². The van der Waals surface area contributed by atoms with Crippen molar-refractivity contribution in [3.8, 4) is 11.2 Å². The maximum atomic E-state index is 11.0. The Bertz CT molecular complexity index is 438. The molecular weight excluding hydrogens is 224 g/mol. The van der Waals surface area contributed by atoms with E-state index in [-0.39, 0.29) is 6.10 Å². The number of nitrogens with two attached hydrogens (primary N) is 1. The van der Waals surface area contributed by atoms with Crippen LogP contribution in [0.5, 0.6) is 5.75 Å². The molecule has 0 unspecified atom stereocenters. The highest BCUT2D eigenvalue weighted by Crippen LogP contribution is 2.30. The van der Waals surface area contributed by atoms with Gasteiger partial charge in [0.25, 0.3) is 0 Å². The minimum Gasteiger partial charge on any atom is -0.490 e. The number of carbonyl (C=O) groups excluding carboxylic acids is 1. The Kier molecular flexibility index (Phi) is 4.20. The predicted octanol–water partition coefficient (Wildman–Crippen LogP) is 2.15. The van der Waals surface area contributed by atoms with Crippen molar-refractivity contribution >= 4 is 17.7 Å². The van der Waals surface area contributed by atoms with Gasteiger partial charge in [0.2, 0.25) is 5.91 Å². The summed E-state index contributed by atoms with van der Waals surface area (Å²) in [4.78, 5) is 11.6. The van der Waals surface area contributed by atoms with Crippen molar-refractivity contribution < 1.29 is 9.53 Å². The highest BCUT2D eigenvalue weighted by atomic mass is 32.2. The smallest absolute Gasteiger partial charge is 0.248 e. The third-order valence-corrected chi connectivity index (χ3v) is 2.38. The molecule has 0 saturated carbocycles. The van der Waals surface area contributed by atoms with Crippen LogP contribution in [0, 0.1) is 10.7 Å². The van der Waals surface area contributed by atoms with Crippen LogP contribution in [0.25, 0.3) is 0 Å². The molecule has 0 bridgehead atoms. The highest BCUT2D eigenvalue weighted by molar-refractivity contribution is 8.03. The molecule has 1 amide bonds. The summed E-state index contributed by atoms with van der Waals surface area (Å²) >= 11 is 0.948. The standard InChI is InChI=1S/C11H12N2O2S/c1-7(2)15-9-4-3-8(11(13)14)5-10(9)16-6-12/h3-5,7H,1-2H3,(H2,13,14). The summed E-state index contributed by atoms with van der Waals surface area (Å²) in [5, 5.41) is 10.6. The molecule has 1 aromatic carbocycles. The van der Waals surface area contributed by atoms with E-state index in [1.54, 1.807) is 18.2 Å². The van der Waals surface area contributed by atoms with Gasteiger partial charge in [-0.15, -0.1) is 0 Å². The monoisotopic (exact) mass is 236 g/mol. The number of hydrogen-bond donors (Lipinski definition) is 1. The van der Waals surface area contributed by atoms with E-state index in [0.29, 0.717) is 16.2 Å². The number of carbonyl (C=O) groups is 1. The second-order valence-electron chi connectivity index (χ2n) is 3.39. The van der Waals surface area contributed by atoms with Crippen LogP contribution in [0.2, 0.25) is 0 Å². The average Bonchev–Trinajstić information content (AvgIpc) is 2.20. The number of rotatable bonds is 4. The molecular formula is C11H12N2O2S. The van der Waals surface area contributed by atoms with Crippen LogP contribution in [0.15, 0.2) is 23.1 Å². The van der Waals surface area contributed by atoms with Gasteiger partial charge in [-0.1, -0.05) is 0 Å². The van der Waals surface area contributed by atoms with Crippen molar-refractivity contribution in [2.45, 2.75) is 24.8 Å². The van der Waals surface area contributed by atoms with Crippen molar-refractivity contribution in [3.05, 3.63) is 23.8 Å². The van der Waals surface area contributed by atoms with Crippen LogP contribution < -0.4 is 10.5 Å². The number of thiocyanates is 1. The van der Waals surface area contributed by atoms with E-state index < -0.39 is 5.91 Å². The second-order valence-corrected chi connectivity index (χ2v) is 4.21. The summed E-state index contributed by atoms with van der Waals surface area (Å²) in [5.74, 6) is 0.0717. The zero-order valence-corrected chi connectivity index (χ0v) is 9.88. The van der Waals surface area contributed by atoms with Crippen LogP contribution in [0.4, 0.5) is 0 Å². The first kappa shape index (κ1) is 12.4. The number of hydrogen-bond acceptors (Lipinski definition) is 4. The van der Waals surface area contributed by atoms with E-state index in [9.17, 15) is 4.79 Å². The quantitative estimate of drug-likeness (QED) is 0.642. The summed E-state index contributed by atoms with van der Waals surface area (Å²) in [6.45, 7) is 3.78. The molecule has 0 atom stereocenters. The minimum absolute atomic E-state index is 0.0115. The SMILES string of the molecule is CC(C)Oc1ccc(C(N)=O)cc1SC#N. The van der Waals surface area contributed by atoms with E-state index in [1.165, 1.54) is 0 Å². The van der Waals surface area contributed by atoms with Crippen molar-refractivity contribution in [1.82, 2.24) is 0 Å². The maximum absolute atomic E-state index is 11.0. The molecule has 0 fully saturated rings. The maximum Gasteiger partial charge on any atom is 0.248 e. The number of ether oxygens (including phenoxy) is 1. The number of amides is 1. The Hall–Kier alpha value is -1.67. The van der Waals surface area contributed by atoms with Crippen LogP contribution in [0.3, 0.4) is 0 Å². The Morgan fingerprint density at radius 1 is 1.56 bits per heavy atom. The van der Waals surface area contributed by atoms with Crippen LogP contribution >= 0.6 is 11.8 Å². The molecule has 0 aliphatic rings. The lowest BCUT2D eigenvalue weighted by Crippen LogP contribution is -2.12. The Morgan fingerprint density at radius 3 is 2.75 bits per heavy atom. The van der Waals surface area contributed by atoms with Crippen LogP contribution in [0.1, 0.15) is 24.2 Å². The number of primary amides is 1. The van der Waals surface area contributed by atoms with E-state index in [4.69, 9.17) is 15.7 Å². The molecule has 16 heavy (non-hydrogen) atoms. The fourth-order valence-electron chi connectivity index (χ4n) is 1.14. The van der Waals surface area contributed by atoms with Gasteiger partial charge in [0.15, 0.2) is 0 Å². The lowest BCUT2D eigenvalue weighted by molar-refractivity contribution is 0.1000. The molecule has 0 spiro atoms. The van der Waals surface area contributed by atoms with Gasteiger partial charge in [0.05, 0.1) is 11.0 Å². The van der Waals surface area contributed by atoms with Gasteiger partial charge >= 0.3 is 0 Å². The summed E-state index contributed by atoms with van der Waals surface area (Å²) in [6.07, 6.45) is 0.0115. The molecule has 84 valence electrons. The fourth-order valence-corrected chi connectivity index (χ4v) is 1.64. The summed E-state index contributed by atoms with van der Waals surface area (Å²) < 4.78 is 5.51. The predicted molar refractivity (Wildman–Crippen MR) is 62.2 cm³/mol.